The molecule has 0 atom stereocenters. The predicted octanol–water partition coefficient (Wildman–Crippen LogP) is 12.5. The molecule has 0 aliphatic carbocycles. The van der Waals surface area contributed by atoms with Crippen LogP contribution < -0.4 is 5.73 Å². The van der Waals surface area contributed by atoms with Gasteiger partial charge in [0, 0.05) is 33.6 Å². The molecular weight excluding hydrogens is 709 g/mol. The van der Waals surface area contributed by atoms with Gasteiger partial charge in [0.15, 0.2) is 17.5 Å². The van der Waals surface area contributed by atoms with Crippen molar-refractivity contribution in [2.45, 2.75) is 0 Å². The monoisotopic (exact) mass is 744 g/mol. The molecule has 6 nitrogen and oxygen atoms in total. The highest BCUT2D eigenvalue weighted by molar-refractivity contribution is 5.91. The van der Waals surface area contributed by atoms with Crippen molar-refractivity contribution in [1.82, 2.24) is 24.5 Å². The first-order valence-electron chi connectivity index (χ1n) is 19.3. The number of anilines is 1. The molecule has 10 aromatic rings. The van der Waals surface area contributed by atoms with E-state index >= 15 is 0 Å². The fourth-order valence-electron chi connectivity index (χ4n) is 7.60. The molecule has 0 aliphatic rings. The van der Waals surface area contributed by atoms with E-state index in [1.807, 2.05) is 78.9 Å². The van der Waals surface area contributed by atoms with Crippen LogP contribution in [0.4, 0.5) is 5.69 Å². The Labute approximate surface area is 336 Å². The standard InChI is InChI=1S/C52H36N6/c53-41-30-26-35(27-31-41)39-18-13-19-40(34-39)50-55-49(37-14-3-1-4-15-37)56-51(57-50)46-23-10-9-22-45(46)44-21-8-7-20-43(44)36-28-32-42(33-29-36)58-48-25-12-11-24-47(48)54-52(58)38-16-5-2-6-17-38/h1-34H,53H2. The van der Waals surface area contributed by atoms with Gasteiger partial charge in [0.25, 0.3) is 0 Å². The van der Waals surface area contributed by atoms with Gasteiger partial charge in [0.05, 0.1) is 11.0 Å². The van der Waals surface area contributed by atoms with Crippen molar-refractivity contribution in [3.05, 3.63) is 206 Å². The van der Waals surface area contributed by atoms with Gasteiger partial charge in [-0.25, -0.2) is 19.9 Å². The lowest BCUT2D eigenvalue weighted by Crippen LogP contribution is -2.01. The van der Waals surface area contributed by atoms with Crippen molar-refractivity contribution in [3.8, 4) is 84.6 Å². The smallest absolute Gasteiger partial charge is 0.164 e. The van der Waals surface area contributed by atoms with Crippen molar-refractivity contribution in [1.29, 1.82) is 0 Å². The van der Waals surface area contributed by atoms with Crippen LogP contribution in [0, 0.1) is 0 Å². The minimum Gasteiger partial charge on any atom is -0.399 e. The van der Waals surface area contributed by atoms with Crippen LogP contribution in [-0.4, -0.2) is 24.5 Å². The van der Waals surface area contributed by atoms with Crippen LogP contribution in [0.3, 0.4) is 0 Å². The molecule has 0 saturated heterocycles. The van der Waals surface area contributed by atoms with Crippen LogP contribution in [0.1, 0.15) is 0 Å². The Balaban J connectivity index is 1.07. The van der Waals surface area contributed by atoms with Gasteiger partial charge in [0.2, 0.25) is 0 Å². The summed E-state index contributed by atoms with van der Waals surface area (Å²) in [6.07, 6.45) is 0. The summed E-state index contributed by atoms with van der Waals surface area (Å²) < 4.78 is 2.24. The van der Waals surface area contributed by atoms with E-state index in [1.54, 1.807) is 0 Å². The van der Waals surface area contributed by atoms with Gasteiger partial charge in [-0.2, -0.15) is 0 Å². The molecular formula is C52H36N6. The van der Waals surface area contributed by atoms with Gasteiger partial charge in [-0.15, -0.1) is 0 Å². The molecule has 58 heavy (non-hydrogen) atoms. The zero-order valence-electron chi connectivity index (χ0n) is 31.4. The normalized spacial score (nSPS) is 11.2. The molecule has 2 aromatic heterocycles. The van der Waals surface area contributed by atoms with E-state index in [4.69, 9.17) is 25.7 Å². The van der Waals surface area contributed by atoms with Crippen molar-refractivity contribution < 1.29 is 0 Å². The lowest BCUT2D eigenvalue weighted by atomic mass is 9.91. The number of hydrogen-bond donors (Lipinski definition) is 1. The molecule has 0 spiro atoms. The topological polar surface area (TPSA) is 82.5 Å². The Morgan fingerprint density at radius 1 is 0.328 bits per heavy atom. The minimum atomic E-state index is 0.599. The van der Waals surface area contributed by atoms with E-state index < -0.39 is 0 Å². The van der Waals surface area contributed by atoms with Crippen LogP contribution >= 0.6 is 0 Å². The maximum atomic E-state index is 6.00. The fraction of sp³-hybridized carbons (Fsp3) is 0. The number of benzene rings is 8. The van der Waals surface area contributed by atoms with E-state index in [0.717, 1.165) is 83.9 Å². The molecule has 0 fully saturated rings. The highest BCUT2D eigenvalue weighted by Crippen LogP contribution is 2.39. The van der Waals surface area contributed by atoms with Gasteiger partial charge < -0.3 is 5.73 Å². The summed E-state index contributed by atoms with van der Waals surface area (Å²) in [6, 6.07) is 70.6. The molecule has 274 valence electrons. The third-order valence-corrected chi connectivity index (χ3v) is 10.4. The molecule has 2 heterocycles. The number of hydrogen-bond acceptors (Lipinski definition) is 5. The zero-order chi connectivity index (χ0) is 38.8. The zero-order valence-corrected chi connectivity index (χ0v) is 31.4. The Bertz CT molecular complexity index is 3050. The molecule has 0 radical (unpaired) electrons. The summed E-state index contributed by atoms with van der Waals surface area (Å²) in [4.78, 5) is 20.4. The second kappa shape index (κ2) is 14.9. The third-order valence-electron chi connectivity index (χ3n) is 10.4. The van der Waals surface area contributed by atoms with Gasteiger partial charge in [-0.1, -0.05) is 164 Å². The second-order valence-corrected chi connectivity index (χ2v) is 14.1. The summed E-state index contributed by atoms with van der Waals surface area (Å²) in [6.45, 7) is 0. The summed E-state index contributed by atoms with van der Waals surface area (Å²) in [5.41, 5.74) is 20.0. The second-order valence-electron chi connectivity index (χ2n) is 14.1. The van der Waals surface area contributed by atoms with E-state index in [9.17, 15) is 0 Å². The molecule has 0 bridgehead atoms. The maximum Gasteiger partial charge on any atom is 0.164 e. The summed E-state index contributed by atoms with van der Waals surface area (Å²) in [5, 5.41) is 0. The Hall–Kier alpha value is -7.96. The van der Waals surface area contributed by atoms with Crippen molar-refractivity contribution in [2.24, 2.45) is 0 Å². The number of nitrogen functional groups attached to an aromatic ring is 1. The van der Waals surface area contributed by atoms with Crippen LogP contribution in [0.15, 0.2) is 206 Å². The van der Waals surface area contributed by atoms with Crippen LogP contribution in [0.25, 0.3) is 95.7 Å². The Kier molecular flexibility index (Phi) is 8.89. The summed E-state index contributed by atoms with van der Waals surface area (Å²) in [5.74, 6) is 2.72. The SMILES string of the molecule is Nc1ccc(-c2cccc(-c3nc(-c4ccccc4)nc(-c4ccccc4-c4ccccc4-c4ccc(-n5c(-c6ccccc6)nc6ccccc65)cc4)n3)c2)cc1. The number of para-hydroxylation sites is 2. The largest absolute Gasteiger partial charge is 0.399 e. The number of fused-ring (bicyclic) bond motifs is 1. The van der Waals surface area contributed by atoms with Gasteiger partial charge in [-0.05, 0) is 75.8 Å². The van der Waals surface area contributed by atoms with E-state index in [0.29, 0.717) is 17.5 Å². The number of nitrogens with two attached hydrogens (primary N) is 1. The average Bonchev–Trinajstić information content (AvgIpc) is 3.70. The first kappa shape index (κ1) is 34.5. The molecule has 0 aliphatic heterocycles. The summed E-state index contributed by atoms with van der Waals surface area (Å²) in [7, 11) is 0. The van der Waals surface area contributed by atoms with Crippen LogP contribution in [0.2, 0.25) is 0 Å². The highest BCUT2D eigenvalue weighted by Gasteiger charge is 2.19. The quantitative estimate of drug-likeness (QED) is 0.157. The average molecular weight is 745 g/mol. The first-order valence-corrected chi connectivity index (χ1v) is 19.3. The first-order chi connectivity index (χ1) is 28.7. The number of rotatable bonds is 8. The Morgan fingerprint density at radius 2 is 0.845 bits per heavy atom. The lowest BCUT2D eigenvalue weighted by Gasteiger charge is -2.16. The molecule has 0 amide bonds. The molecule has 2 N–H and O–H groups in total. The lowest BCUT2D eigenvalue weighted by molar-refractivity contribution is 1.07. The van der Waals surface area contributed by atoms with Crippen LogP contribution in [-0.2, 0) is 0 Å². The summed E-state index contributed by atoms with van der Waals surface area (Å²) >= 11 is 0. The molecule has 0 unspecified atom stereocenters. The highest BCUT2D eigenvalue weighted by atomic mass is 15.1. The molecule has 6 heteroatoms. The Morgan fingerprint density at radius 3 is 1.57 bits per heavy atom. The van der Waals surface area contributed by atoms with E-state index in [1.165, 1.54) is 0 Å². The van der Waals surface area contributed by atoms with Crippen molar-refractivity contribution in [2.75, 3.05) is 5.73 Å². The molecule has 0 saturated carbocycles. The minimum absolute atomic E-state index is 0.599. The van der Waals surface area contributed by atoms with Gasteiger partial charge in [0.1, 0.15) is 5.82 Å². The van der Waals surface area contributed by atoms with E-state index in [-0.39, 0.29) is 0 Å². The van der Waals surface area contributed by atoms with Crippen LogP contribution in [0.5, 0.6) is 0 Å². The van der Waals surface area contributed by atoms with Crippen molar-refractivity contribution in [3.63, 3.8) is 0 Å². The molecule has 8 aromatic carbocycles. The number of imidazole rings is 1. The van der Waals surface area contributed by atoms with Crippen molar-refractivity contribution >= 4 is 16.7 Å². The third kappa shape index (κ3) is 6.59. The predicted molar refractivity (Wildman–Crippen MR) is 237 cm³/mol. The van der Waals surface area contributed by atoms with E-state index in [2.05, 4.69) is 132 Å². The maximum absolute atomic E-state index is 6.00. The number of aromatic nitrogens is 5. The van der Waals surface area contributed by atoms with Gasteiger partial charge >= 0.3 is 0 Å². The number of nitrogens with zero attached hydrogens (tertiary/aromatic N) is 5. The van der Waals surface area contributed by atoms with Gasteiger partial charge in [-0.3, -0.25) is 4.57 Å². The molecule has 10 rings (SSSR count). The fourth-order valence-corrected chi connectivity index (χ4v) is 7.60.